The third kappa shape index (κ3) is 5.23. The van der Waals surface area contributed by atoms with E-state index < -0.39 is 0 Å². The zero-order valence-corrected chi connectivity index (χ0v) is 19.9. The first kappa shape index (κ1) is 22.2. The first-order valence-electron chi connectivity index (χ1n) is 9.87. The van der Waals surface area contributed by atoms with Gasteiger partial charge in [-0.1, -0.05) is 23.9 Å². The molecule has 0 atom stereocenters. The number of thiazole rings is 1. The number of methoxy groups -OCH3 is 2. The molecule has 0 aliphatic heterocycles. The molecule has 2 heterocycles. The van der Waals surface area contributed by atoms with Gasteiger partial charge in [0.1, 0.15) is 10.8 Å². The lowest BCUT2D eigenvalue weighted by molar-refractivity contribution is 0.250. The van der Waals surface area contributed by atoms with Crippen LogP contribution < -0.4 is 14.2 Å². The van der Waals surface area contributed by atoms with Gasteiger partial charge in [0, 0.05) is 16.7 Å². The van der Waals surface area contributed by atoms with Crippen molar-refractivity contribution in [1.29, 1.82) is 0 Å². The lowest BCUT2D eigenvalue weighted by atomic mass is 10.1. The Balaban J connectivity index is 1.35. The molecule has 0 aliphatic carbocycles. The molecule has 7 nitrogen and oxygen atoms in total. The van der Waals surface area contributed by atoms with Crippen LogP contribution in [0.15, 0.2) is 51.4 Å². The van der Waals surface area contributed by atoms with Gasteiger partial charge in [-0.15, -0.1) is 21.5 Å². The second kappa shape index (κ2) is 10.1. The van der Waals surface area contributed by atoms with Gasteiger partial charge in [0.05, 0.1) is 19.9 Å². The highest BCUT2D eigenvalue weighted by molar-refractivity contribution is 7.98. The number of hydrogen-bond donors (Lipinski definition) is 0. The maximum Gasteiger partial charge on any atom is 0.277 e. The van der Waals surface area contributed by atoms with Gasteiger partial charge in [-0.3, -0.25) is 0 Å². The summed E-state index contributed by atoms with van der Waals surface area (Å²) in [6.07, 6.45) is 0. The van der Waals surface area contributed by atoms with Gasteiger partial charge in [0.25, 0.3) is 11.1 Å². The number of hydrogen-bond acceptors (Lipinski definition) is 9. The molecule has 0 N–H and O–H groups in total. The topological polar surface area (TPSA) is 79.5 Å². The second-order valence-corrected chi connectivity index (χ2v) is 8.81. The Morgan fingerprint density at radius 3 is 2.62 bits per heavy atom. The van der Waals surface area contributed by atoms with E-state index in [-0.39, 0.29) is 6.61 Å². The van der Waals surface area contributed by atoms with E-state index in [4.69, 9.17) is 23.6 Å². The molecule has 0 amide bonds. The summed E-state index contributed by atoms with van der Waals surface area (Å²) < 4.78 is 22.2. The predicted octanol–water partition coefficient (Wildman–Crippen LogP) is 5.70. The van der Waals surface area contributed by atoms with Crippen molar-refractivity contribution in [3.05, 3.63) is 64.5 Å². The van der Waals surface area contributed by atoms with Crippen LogP contribution >= 0.6 is 23.1 Å². The molecule has 32 heavy (non-hydrogen) atoms. The van der Waals surface area contributed by atoms with Crippen LogP contribution in [-0.4, -0.2) is 29.4 Å². The molecular formula is C23H23N3O4S2. The lowest BCUT2D eigenvalue weighted by Gasteiger charge is -2.08. The largest absolute Gasteiger partial charge is 0.493 e. The first-order valence-corrected chi connectivity index (χ1v) is 11.7. The van der Waals surface area contributed by atoms with Crippen LogP contribution in [0.5, 0.6) is 17.2 Å². The van der Waals surface area contributed by atoms with Crippen LogP contribution in [-0.2, 0) is 12.4 Å². The lowest BCUT2D eigenvalue weighted by Crippen LogP contribution is -1.97. The highest BCUT2D eigenvalue weighted by Gasteiger charge is 2.12. The van der Waals surface area contributed by atoms with Crippen molar-refractivity contribution in [1.82, 2.24) is 15.2 Å². The van der Waals surface area contributed by atoms with Crippen molar-refractivity contribution < 1.29 is 18.6 Å². The van der Waals surface area contributed by atoms with Crippen LogP contribution in [0.1, 0.15) is 22.7 Å². The van der Waals surface area contributed by atoms with Crippen molar-refractivity contribution >= 4 is 23.1 Å². The molecular weight excluding hydrogens is 446 g/mol. The molecule has 4 rings (SSSR count). The minimum absolute atomic E-state index is 0.234. The first-order chi connectivity index (χ1) is 15.6. The Hall–Kier alpha value is -3.04. The van der Waals surface area contributed by atoms with Gasteiger partial charge in [0.15, 0.2) is 18.1 Å². The monoisotopic (exact) mass is 469 g/mol. The van der Waals surface area contributed by atoms with Gasteiger partial charge in [-0.25, -0.2) is 4.98 Å². The number of aromatic nitrogens is 3. The van der Waals surface area contributed by atoms with Gasteiger partial charge < -0.3 is 18.6 Å². The Labute approximate surface area is 194 Å². The SMILES string of the molecule is COc1ccc(-c2nc(CSc3nnc(COc4cc(C)ccc4C)o3)cs2)cc1OC. The average Bonchev–Trinajstić information content (AvgIpc) is 3.47. The van der Waals surface area contributed by atoms with Crippen molar-refractivity contribution in [3.8, 4) is 27.8 Å². The summed E-state index contributed by atoms with van der Waals surface area (Å²) in [4.78, 5) is 4.71. The molecule has 166 valence electrons. The fourth-order valence-corrected chi connectivity index (χ4v) is 4.56. The van der Waals surface area contributed by atoms with Crippen LogP contribution in [0.25, 0.3) is 10.6 Å². The van der Waals surface area contributed by atoms with Crippen molar-refractivity contribution in [2.45, 2.75) is 31.4 Å². The Kier molecular flexibility index (Phi) is 6.96. The maximum absolute atomic E-state index is 5.83. The number of aryl methyl sites for hydroxylation is 2. The van der Waals surface area contributed by atoms with E-state index in [2.05, 4.69) is 16.3 Å². The summed E-state index contributed by atoms with van der Waals surface area (Å²) in [6, 6.07) is 11.9. The Bertz CT molecular complexity index is 1210. The van der Waals surface area contributed by atoms with E-state index >= 15 is 0 Å². The molecule has 9 heteroatoms. The van der Waals surface area contributed by atoms with Crippen molar-refractivity contribution in [2.75, 3.05) is 14.2 Å². The number of ether oxygens (including phenoxy) is 3. The highest BCUT2D eigenvalue weighted by atomic mass is 32.2. The van der Waals surface area contributed by atoms with Gasteiger partial charge in [0.2, 0.25) is 0 Å². The summed E-state index contributed by atoms with van der Waals surface area (Å²) >= 11 is 3.02. The van der Waals surface area contributed by atoms with Crippen LogP contribution in [0.4, 0.5) is 0 Å². The zero-order valence-electron chi connectivity index (χ0n) is 18.2. The van der Waals surface area contributed by atoms with Crippen molar-refractivity contribution in [2.24, 2.45) is 0 Å². The van der Waals surface area contributed by atoms with Crippen molar-refractivity contribution in [3.63, 3.8) is 0 Å². The molecule has 2 aromatic heterocycles. The number of nitrogens with zero attached hydrogens (tertiary/aromatic N) is 3. The van der Waals surface area contributed by atoms with E-state index in [1.807, 2.05) is 49.6 Å². The van der Waals surface area contributed by atoms with E-state index in [9.17, 15) is 0 Å². The minimum atomic E-state index is 0.234. The minimum Gasteiger partial charge on any atom is -0.493 e. The smallest absolute Gasteiger partial charge is 0.277 e. The normalized spacial score (nSPS) is 10.9. The summed E-state index contributed by atoms with van der Waals surface area (Å²) in [7, 11) is 3.24. The molecule has 0 saturated carbocycles. The summed E-state index contributed by atoms with van der Waals surface area (Å²) in [6.45, 7) is 4.27. The molecule has 0 bridgehead atoms. The van der Waals surface area contributed by atoms with E-state index in [1.54, 1.807) is 25.6 Å². The summed E-state index contributed by atoms with van der Waals surface area (Å²) in [5.41, 5.74) is 4.13. The summed E-state index contributed by atoms with van der Waals surface area (Å²) in [5.74, 6) is 3.26. The Morgan fingerprint density at radius 1 is 0.969 bits per heavy atom. The van der Waals surface area contributed by atoms with E-state index in [1.165, 1.54) is 11.8 Å². The molecule has 0 fully saturated rings. The average molecular weight is 470 g/mol. The third-order valence-corrected chi connectivity index (χ3v) is 6.46. The molecule has 4 aromatic rings. The Morgan fingerprint density at radius 2 is 1.81 bits per heavy atom. The summed E-state index contributed by atoms with van der Waals surface area (Å²) in [5, 5.41) is 11.6. The van der Waals surface area contributed by atoms with Gasteiger partial charge >= 0.3 is 0 Å². The molecule has 0 unspecified atom stereocenters. The van der Waals surface area contributed by atoms with Gasteiger partial charge in [-0.2, -0.15) is 0 Å². The molecule has 0 radical (unpaired) electrons. The van der Waals surface area contributed by atoms with E-state index in [0.29, 0.717) is 28.4 Å². The third-order valence-electron chi connectivity index (χ3n) is 4.67. The van der Waals surface area contributed by atoms with Crippen LogP contribution in [0, 0.1) is 13.8 Å². The molecule has 0 spiro atoms. The van der Waals surface area contributed by atoms with Crippen LogP contribution in [0.2, 0.25) is 0 Å². The molecule has 0 aliphatic rings. The highest BCUT2D eigenvalue weighted by Crippen LogP contribution is 2.34. The number of thioether (sulfide) groups is 1. The fourth-order valence-electron chi connectivity index (χ4n) is 2.97. The van der Waals surface area contributed by atoms with Gasteiger partial charge in [-0.05, 0) is 49.2 Å². The molecule has 2 aromatic carbocycles. The van der Waals surface area contributed by atoms with Crippen LogP contribution in [0.3, 0.4) is 0 Å². The second-order valence-electron chi connectivity index (χ2n) is 7.02. The fraction of sp³-hybridized carbons (Fsp3) is 0.261. The number of rotatable bonds is 9. The maximum atomic E-state index is 5.83. The molecule has 0 saturated heterocycles. The predicted molar refractivity (Wildman–Crippen MR) is 125 cm³/mol. The standard InChI is InChI=1S/C23H23N3O4S2/c1-14-5-6-15(2)19(9-14)29-11-21-25-26-23(30-21)32-13-17-12-31-22(24-17)16-7-8-18(27-3)20(10-16)28-4/h5-10,12H,11,13H2,1-4H3. The van der Waals surface area contributed by atoms with E-state index in [0.717, 1.165) is 33.1 Å². The number of benzene rings is 2. The zero-order chi connectivity index (χ0) is 22.5. The quantitative estimate of drug-likeness (QED) is 0.289.